The van der Waals surface area contributed by atoms with Crippen LogP contribution in [-0.2, 0) is 15.3 Å². The number of hydrogen-bond acceptors (Lipinski definition) is 2. The van der Waals surface area contributed by atoms with Gasteiger partial charge in [-0.2, -0.15) is 0 Å². The Hall–Kier alpha value is -0.630. The van der Waals surface area contributed by atoms with Gasteiger partial charge in [-0.1, -0.05) is 24.3 Å². The number of rotatable bonds is 3. The minimum absolute atomic E-state index is 0.0795. The van der Waals surface area contributed by atoms with Gasteiger partial charge in [0, 0.05) is 7.11 Å². The molecule has 1 unspecified atom stereocenters. The van der Waals surface area contributed by atoms with Gasteiger partial charge in [-0.05, 0) is 18.1 Å². The van der Waals surface area contributed by atoms with E-state index in [1.165, 1.54) is 7.11 Å². The molecule has 1 aromatic rings. The Bertz CT molecular complexity index is 335. The highest BCUT2D eigenvalue weighted by molar-refractivity contribution is 7.51. The summed E-state index contributed by atoms with van der Waals surface area (Å²) < 4.78 is 15.7. The largest absolute Gasteiger partial charge is 0.332 e. The van der Waals surface area contributed by atoms with Gasteiger partial charge < -0.3 is 9.42 Å². The maximum absolute atomic E-state index is 11.2. The topological polar surface area (TPSA) is 46.5 Å². The van der Waals surface area contributed by atoms with E-state index in [1.54, 1.807) is 0 Å². The molecule has 0 amide bonds. The van der Waals surface area contributed by atoms with Crippen LogP contribution in [0, 0.1) is 6.92 Å². The summed E-state index contributed by atoms with van der Waals surface area (Å²) in [5.74, 6) is 0. The van der Waals surface area contributed by atoms with Gasteiger partial charge in [0.05, 0.1) is 6.16 Å². The van der Waals surface area contributed by atoms with Crippen LogP contribution in [0.2, 0.25) is 0 Å². The van der Waals surface area contributed by atoms with Crippen LogP contribution in [-0.4, -0.2) is 12.0 Å². The lowest BCUT2D eigenvalue weighted by atomic mass is 10.1. The van der Waals surface area contributed by atoms with Crippen molar-refractivity contribution >= 4 is 7.60 Å². The Morgan fingerprint density at radius 2 is 2.08 bits per heavy atom. The fraction of sp³-hybridized carbons (Fsp3) is 0.333. The molecule has 1 aromatic carbocycles. The van der Waals surface area contributed by atoms with E-state index in [1.807, 2.05) is 31.2 Å². The van der Waals surface area contributed by atoms with Crippen molar-refractivity contribution in [2.75, 3.05) is 7.11 Å². The standard InChI is InChI=1S/C9H13O3P/c1-8-5-3-4-6-9(8)7-13(10,11)12-2/h3-6H,7H2,1-2H3,(H,10,11). The Labute approximate surface area is 77.9 Å². The molecule has 0 heterocycles. The van der Waals surface area contributed by atoms with Crippen molar-refractivity contribution in [1.82, 2.24) is 0 Å². The molecule has 4 heteroatoms. The van der Waals surface area contributed by atoms with E-state index in [9.17, 15) is 9.46 Å². The Kier molecular flexibility index (Phi) is 3.26. The zero-order valence-electron chi connectivity index (χ0n) is 7.73. The van der Waals surface area contributed by atoms with Gasteiger partial charge in [0.25, 0.3) is 0 Å². The van der Waals surface area contributed by atoms with Crippen LogP contribution < -0.4 is 0 Å². The van der Waals surface area contributed by atoms with Crippen LogP contribution in [0.15, 0.2) is 24.3 Å². The van der Waals surface area contributed by atoms with Gasteiger partial charge in [-0.15, -0.1) is 0 Å². The second-order valence-electron chi connectivity index (χ2n) is 2.90. The Morgan fingerprint density at radius 1 is 1.46 bits per heavy atom. The second kappa shape index (κ2) is 4.05. The molecule has 1 rings (SSSR count). The quantitative estimate of drug-likeness (QED) is 0.761. The lowest BCUT2D eigenvalue weighted by Gasteiger charge is -2.10. The monoisotopic (exact) mass is 200 g/mol. The molecule has 0 radical (unpaired) electrons. The molecule has 1 N–H and O–H groups in total. The highest BCUT2D eigenvalue weighted by atomic mass is 31.2. The molecule has 0 aliphatic rings. The van der Waals surface area contributed by atoms with Crippen LogP contribution in [0.25, 0.3) is 0 Å². The molecule has 3 nitrogen and oxygen atoms in total. The third kappa shape index (κ3) is 2.96. The first-order valence-corrected chi connectivity index (χ1v) is 5.73. The summed E-state index contributed by atoms with van der Waals surface area (Å²) >= 11 is 0. The summed E-state index contributed by atoms with van der Waals surface area (Å²) in [5, 5.41) is 0. The maximum Gasteiger partial charge on any atom is 0.332 e. The van der Waals surface area contributed by atoms with Crippen molar-refractivity contribution in [1.29, 1.82) is 0 Å². The van der Waals surface area contributed by atoms with Crippen LogP contribution in [0.5, 0.6) is 0 Å². The molecule has 0 spiro atoms. The van der Waals surface area contributed by atoms with E-state index >= 15 is 0 Å². The predicted octanol–water partition coefficient (Wildman–Crippen LogP) is 2.33. The smallest absolute Gasteiger partial charge is 0.324 e. The number of aryl methyl sites for hydroxylation is 1. The summed E-state index contributed by atoms with van der Waals surface area (Å²) in [6, 6.07) is 7.48. The summed E-state index contributed by atoms with van der Waals surface area (Å²) in [4.78, 5) is 9.23. The minimum Gasteiger partial charge on any atom is -0.324 e. The molecule has 72 valence electrons. The van der Waals surface area contributed by atoms with Gasteiger partial charge in [-0.3, -0.25) is 4.57 Å². The molecular formula is C9H13O3P. The Morgan fingerprint density at radius 3 is 2.62 bits per heavy atom. The summed E-state index contributed by atoms with van der Waals surface area (Å²) in [7, 11) is -2.17. The van der Waals surface area contributed by atoms with Crippen LogP contribution >= 0.6 is 7.60 Å². The molecule has 0 aliphatic carbocycles. The van der Waals surface area contributed by atoms with Crippen molar-refractivity contribution in [2.45, 2.75) is 13.1 Å². The predicted molar refractivity (Wildman–Crippen MR) is 51.7 cm³/mol. The van der Waals surface area contributed by atoms with E-state index in [0.717, 1.165) is 11.1 Å². The lowest BCUT2D eigenvalue weighted by molar-refractivity contribution is 0.314. The molecule has 0 aromatic heterocycles. The molecule has 0 bridgehead atoms. The maximum atomic E-state index is 11.2. The van der Waals surface area contributed by atoms with Crippen molar-refractivity contribution in [3.63, 3.8) is 0 Å². The number of benzene rings is 1. The number of hydrogen-bond donors (Lipinski definition) is 1. The average Bonchev–Trinajstić information content (AvgIpc) is 2.09. The zero-order chi connectivity index (χ0) is 9.90. The normalized spacial score (nSPS) is 15.3. The lowest BCUT2D eigenvalue weighted by Crippen LogP contribution is -1.92. The molecule has 1 atom stereocenters. The third-order valence-corrected chi connectivity index (χ3v) is 3.23. The van der Waals surface area contributed by atoms with Gasteiger partial charge in [0.15, 0.2) is 0 Å². The van der Waals surface area contributed by atoms with Crippen LogP contribution in [0.1, 0.15) is 11.1 Å². The highest BCUT2D eigenvalue weighted by Crippen LogP contribution is 2.44. The first kappa shape index (κ1) is 10.5. The van der Waals surface area contributed by atoms with Crippen molar-refractivity contribution in [2.24, 2.45) is 0 Å². The van der Waals surface area contributed by atoms with Crippen molar-refractivity contribution in [3.05, 3.63) is 35.4 Å². The molecule has 13 heavy (non-hydrogen) atoms. The van der Waals surface area contributed by atoms with Gasteiger partial charge in [0.1, 0.15) is 0 Å². The van der Waals surface area contributed by atoms with Gasteiger partial charge in [0.2, 0.25) is 0 Å². The van der Waals surface area contributed by atoms with Crippen LogP contribution in [0.4, 0.5) is 0 Å². The minimum atomic E-state index is -3.42. The molecular weight excluding hydrogens is 187 g/mol. The summed E-state index contributed by atoms with van der Waals surface area (Å²) in [6.45, 7) is 1.91. The average molecular weight is 200 g/mol. The van der Waals surface area contributed by atoms with E-state index in [0.29, 0.717) is 0 Å². The second-order valence-corrected chi connectivity index (χ2v) is 4.86. The molecule has 0 fully saturated rings. The van der Waals surface area contributed by atoms with Crippen molar-refractivity contribution < 1.29 is 14.0 Å². The summed E-state index contributed by atoms with van der Waals surface area (Å²) in [6.07, 6.45) is 0.0795. The fourth-order valence-electron chi connectivity index (χ4n) is 1.07. The van der Waals surface area contributed by atoms with Gasteiger partial charge >= 0.3 is 7.60 Å². The van der Waals surface area contributed by atoms with Gasteiger partial charge in [-0.25, -0.2) is 0 Å². The van der Waals surface area contributed by atoms with E-state index in [-0.39, 0.29) is 6.16 Å². The van der Waals surface area contributed by atoms with Crippen molar-refractivity contribution in [3.8, 4) is 0 Å². The van der Waals surface area contributed by atoms with E-state index in [4.69, 9.17) is 0 Å². The SMILES string of the molecule is COP(=O)(O)Cc1ccccc1C. The molecule has 0 aliphatic heterocycles. The Balaban J connectivity index is 2.86. The highest BCUT2D eigenvalue weighted by Gasteiger charge is 2.18. The fourth-order valence-corrected chi connectivity index (χ4v) is 1.98. The zero-order valence-corrected chi connectivity index (χ0v) is 8.62. The van der Waals surface area contributed by atoms with E-state index < -0.39 is 7.60 Å². The molecule has 0 saturated heterocycles. The third-order valence-electron chi connectivity index (χ3n) is 1.92. The first-order valence-electron chi connectivity index (χ1n) is 3.97. The molecule has 0 saturated carbocycles. The summed E-state index contributed by atoms with van der Waals surface area (Å²) in [5.41, 5.74) is 1.86. The van der Waals surface area contributed by atoms with E-state index in [2.05, 4.69) is 4.52 Å². The first-order chi connectivity index (χ1) is 6.05. The van der Waals surface area contributed by atoms with Crippen LogP contribution in [0.3, 0.4) is 0 Å².